The Hall–Kier alpha value is -2.07. The van der Waals surface area contributed by atoms with Gasteiger partial charge in [0.05, 0.1) is 11.4 Å². The highest BCUT2D eigenvalue weighted by molar-refractivity contribution is 7.89. The van der Waals surface area contributed by atoms with Gasteiger partial charge in [-0.1, -0.05) is 17.7 Å². The van der Waals surface area contributed by atoms with Crippen LogP contribution >= 0.6 is 11.6 Å². The van der Waals surface area contributed by atoms with E-state index < -0.39 is 21.7 Å². The monoisotopic (exact) mass is 443 g/mol. The first-order valence-corrected chi connectivity index (χ1v) is 10.7. The molecular weight excluding hydrogens is 424 g/mol. The number of carbonyl (C=O) groups excluding carboxylic acids is 1. The van der Waals surface area contributed by atoms with Crippen LogP contribution in [0.5, 0.6) is 0 Å². The van der Waals surface area contributed by atoms with Gasteiger partial charge in [-0.05, 0) is 42.8 Å². The van der Waals surface area contributed by atoms with Crippen molar-refractivity contribution < 1.29 is 22.0 Å². The van der Waals surface area contributed by atoms with E-state index in [1.54, 1.807) is 18.2 Å². The number of piperazine rings is 1. The van der Waals surface area contributed by atoms with Gasteiger partial charge in [0.25, 0.3) is 0 Å². The maximum Gasteiger partial charge on any atom is 0.243 e. The number of hydrogen-bond donors (Lipinski definition) is 1. The number of rotatable bonds is 5. The van der Waals surface area contributed by atoms with Gasteiger partial charge >= 0.3 is 0 Å². The maximum absolute atomic E-state index is 13.4. The van der Waals surface area contributed by atoms with Crippen LogP contribution in [-0.4, -0.2) is 56.3 Å². The number of nitrogens with one attached hydrogen (secondary N) is 1. The third kappa shape index (κ3) is 5.11. The molecule has 1 saturated heterocycles. The lowest BCUT2D eigenvalue weighted by atomic mass is 10.2. The van der Waals surface area contributed by atoms with E-state index in [9.17, 15) is 22.0 Å². The predicted molar refractivity (Wildman–Crippen MR) is 106 cm³/mol. The Kier molecular flexibility index (Phi) is 6.52. The fraction of sp³-hybridized carbons (Fsp3) is 0.316. The van der Waals surface area contributed by atoms with Crippen LogP contribution in [0.1, 0.15) is 5.56 Å². The van der Waals surface area contributed by atoms with Crippen LogP contribution in [-0.2, 0) is 14.8 Å². The van der Waals surface area contributed by atoms with Crippen molar-refractivity contribution in [3.05, 3.63) is 58.6 Å². The Morgan fingerprint density at radius 3 is 2.41 bits per heavy atom. The third-order valence-corrected chi connectivity index (χ3v) is 6.83. The standard InChI is InChI=1S/C19H20ClF2N3O3S/c1-13-2-3-14(20)10-18(13)23-19(26)12-24-6-8-25(9-7-24)29(27,28)15-4-5-16(21)17(22)11-15/h2-5,10-11H,6-9,12H2,1H3,(H,23,26). The first-order chi connectivity index (χ1) is 13.7. The molecule has 0 saturated carbocycles. The molecule has 0 aromatic heterocycles. The Labute approximate surface area is 173 Å². The molecule has 156 valence electrons. The Morgan fingerprint density at radius 2 is 1.76 bits per heavy atom. The quantitative estimate of drug-likeness (QED) is 0.771. The molecule has 1 N–H and O–H groups in total. The average Bonchev–Trinajstić information content (AvgIpc) is 2.67. The minimum atomic E-state index is -3.93. The average molecular weight is 444 g/mol. The van der Waals surface area contributed by atoms with Crippen molar-refractivity contribution in [1.29, 1.82) is 0 Å². The second-order valence-electron chi connectivity index (χ2n) is 6.76. The topological polar surface area (TPSA) is 69.7 Å². The van der Waals surface area contributed by atoms with E-state index in [0.29, 0.717) is 29.9 Å². The lowest BCUT2D eigenvalue weighted by Crippen LogP contribution is -2.50. The van der Waals surface area contributed by atoms with E-state index in [1.807, 2.05) is 11.8 Å². The molecule has 0 spiro atoms. The predicted octanol–water partition coefficient (Wildman–Crippen LogP) is 2.87. The zero-order valence-electron chi connectivity index (χ0n) is 15.7. The minimum Gasteiger partial charge on any atom is -0.325 e. The zero-order chi connectivity index (χ0) is 21.2. The number of nitrogens with zero attached hydrogens (tertiary/aromatic N) is 2. The van der Waals surface area contributed by atoms with Gasteiger partial charge < -0.3 is 5.32 Å². The van der Waals surface area contributed by atoms with Crippen molar-refractivity contribution in [2.45, 2.75) is 11.8 Å². The van der Waals surface area contributed by atoms with Gasteiger partial charge in [0.15, 0.2) is 11.6 Å². The number of anilines is 1. The molecule has 0 bridgehead atoms. The molecule has 10 heteroatoms. The lowest BCUT2D eigenvalue weighted by molar-refractivity contribution is -0.117. The molecule has 2 aromatic carbocycles. The second kappa shape index (κ2) is 8.74. The van der Waals surface area contributed by atoms with Gasteiger partial charge in [0.2, 0.25) is 15.9 Å². The van der Waals surface area contributed by atoms with Crippen molar-refractivity contribution in [1.82, 2.24) is 9.21 Å². The summed E-state index contributed by atoms with van der Waals surface area (Å²) in [4.78, 5) is 13.8. The summed E-state index contributed by atoms with van der Waals surface area (Å²) in [6.07, 6.45) is 0. The molecular formula is C19H20ClF2N3O3S. The van der Waals surface area contributed by atoms with Crippen LogP contribution in [0.2, 0.25) is 5.02 Å². The molecule has 0 aliphatic carbocycles. The molecule has 29 heavy (non-hydrogen) atoms. The van der Waals surface area contributed by atoms with E-state index in [-0.39, 0.29) is 30.4 Å². The van der Waals surface area contributed by atoms with Crippen LogP contribution in [0.4, 0.5) is 14.5 Å². The van der Waals surface area contributed by atoms with Gasteiger partial charge in [-0.15, -0.1) is 0 Å². The fourth-order valence-electron chi connectivity index (χ4n) is 3.04. The van der Waals surface area contributed by atoms with Gasteiger partial charge in [0.1, 0.15) is 0 Å². The largest absolute Gasteiger partial charge is 0.325 e. The summed E-state index contributed by atoms with van der Waals surface area (Å²) < 4.78 is 52.9. The lowest BCUT2D eigenvalue weighted by Gasteiger charge is -2.33. The molecule has 1 fully saturated rings. The molecule has 0 unspecified atom stereocenters. The molecule has 1 heterocycles. The summed E-state index contributed by atoms with van der Waals surface area (Å²) in [5, 5.41) is 3.32. The summed E-state index contributed by atoms with van der Waals surface area (Å²) >= 11 is 5.95. The number of amides is 1. The summed E-state index contributed by atoms with van der Waals surface area (Å²) in [7, 11) is -3.93. The molecule has 6 nitrogen and oxygen atoms in total. The summed E-state index contributed by atoms with van der Waals surface area (Å²) in [5.41, 5.74) is 1.51. The molecule has 3 rings (SSSR count). The van der Waals surface area contributed by atoms with Gasteiger partial charge in [-0.25, -0.2) is 17.2 Å². The van der Waals surface area contributed by atoms with E-state index >= 15 is 0 Å². The highest BCUT2D eigenvalue weighted by atomic mass is 35.5. The Balaban J connectivity index is 1.58. The fourth-order valence-corrected chi connectivity index (χ4v) is 4.64. The summed E-state index contributed by atoms with van der Waals surface area (Å²) in [6.45, 7) is 2.92. The smallest absolute Gasteiger partial charge is 0.243 e. The highest BCUT2D eigenvalue weighted by Gasteiger charge is 2.29. The van der Waals surface area contributed by atoms with Gasteiger partial charge in [-0.2, -0.15) is 4.31 Å². The van der Waals surface area contributed by atoms with Crippen LogP contribution in [0.25, 0.3) is 0 Å². The number of sulfonamides is 1. The Morgan fingerprint density at radius 1 is 1.07 bits per heavy atom. The first-order valence-electron chi connectivity index (χ1n) is 8.90. The second-order valence-corrected chi connectivity index (χ2v) is 9.14. The number of aryl methyl sites for hydroxylation is 1. The number of carbonyl (C=O) groups is 1. The van der Waals surface area contributed by atoms with Crippen molar-refractivity contribution in [3.8, 4) is 0 Å². The minimum absolute atomic E-state index is 0.102. The number of benzene rings is 2. The third-order valence-electron chi connectivity index (χ3n) is 4.70. The molecule has 0 radical (unpaired) electrons. The van der Waals surface area contributed by atoms with Crippen LogP contribution < -0.4 is 5.32 Å². The number of halogens is 3. The SMILES string of the molecule is Cc1ccc(Cl)cc1NC(=O)CN1CCN(S(=O)(=O)c2ccc(F)c(F)c2)CC1. The molecule has 2 aromatic rings. The van der Waals surface area contributed by atoms with Gasteiger partial charge in [-0.3, -0.25) is 9.69 Å². The van der Waals surface area contributed by atoms with E-state index in [4.69, 9.17) is 11.6 Å². The number of hydrogen-bond acceptors (Lipinski definition) is 4. The van der Waals surface area contributed by atoms with Crippen LogP contribution in [0.3, 0.4) is 0 Å². The first kappa shape index (κ1) is 21.6. The molecule has 0 atom stereocenters. The van der Waals surface area contributed by atoms with Crippen LogP contribution in [0.15, 0.2) is 41.3 Å². The highest BCUT2D eigenvalue weighted by Crippen LogP contribution is 2.21. The van der Waals surface area contributed by atoms with Crippen molar-refractivity contribution >= 4 is 33.2 Å². The maximum atomic E-state index is 13.4. The molecule has 1 aliphatic heterocycles. The Bertz CT molecular complexity index is 1030. The van der Waals surface area contributed by atoms with Crippen molar-refractivity contribution in [3.63, 3.8) is 0 Å². The normalized spacial score (nSPS) is 16.0. The van der Waals surface area contributed by atoms with Crippen LogP contribution in [0, 0.1) is 18.6 Å². The van der Waals surface area contributed by atoms with E-state index in [2.05, 4.69) is 5.32 Å². The van der Waals surface area contributed by atoms with E-state index in [0.717, 1.165) is 17.7 Å². The summed E-state index contributed by atoms with van der Waals surface area (Å²) in [5.74, 6) is -2.54. The van der Waals surface area contributed by atoms with Crippen molar-refractivity contribution in [2.24, 2.45) is 0 Å². The van der Waals surface area contributed by atoms with Crippen molar-refractivity contribution in [2.75, 3.05) is 38.0 Å². The summed E-state index contributed by atoms with van der Waals surface area (Å²) in [6, 6.07) is 7.72. The molecule has 1 amide bonds. The van der Waals surface area contributed by atoms with Gasteiger partial charge in [0, 0.05) is 36.9 Å². The van der Waals surface area contributed by atoms with E-state index in [1.165, 1.54) is 4.31 Å². The molecule has 1 aliphatic rings. The zero-order valence-corrected chi connectivity index (χ0v) is 17.2.